The van der Waals surface area contributed by atoms with Gasteiger partial charge in [-0.05, 0) is 42.4 Å². The first-order chi connectivity index (χ1) is 6.07. The third kappa shape index (κ3) is 1.24. The van der Waals surface area contributed by atoms with E-state index in [1.165, 1.54) is 19.3 Å². The van der Waals surface area contributed by atoms with Crippen LogP contribution in [0.15, 0.2) is 0 Å². The Balaban J connectivity index is 2.08. The van der Waals surface area contributed by atoms with Crippen LogP contribution in [0.4, 0.5) is 0 Å². The summed E-state index contributed by atoms with van der Waals surface area (Å²) in [4.78, 5) is 0. The van der Waals surface area contributed by atoms with Crippen LogP contribution in [-0.4, -0.2) is 11.2 Å². The lowest BCUT2D eigenvalue weighted by Gasteiger charge is -2.61. The second-order valence-electron chi connectivity index (χ2n) is 5.62. The van der Waals surface area contributed by atoms with E-state index in [2.05, 4.69) is 20.8 Å². The SMILES string of the molecule is CCCC1C(O)CC2CC1C2(C)C. The highest BCUT2D eigenvalue weighted by Crippen LogP contribution is 2.62. The average Bonchev–Trinajstić information content (AvgIpc) is 2.08. The van der Waals surface area contributed by atoms with Crippen molar-refractivity contribution >= 4 is 0 Å². The van der Waals surface area contributed by atoms with Gasteiger partial charge in [-0.2, -0.15) is 0 Å². The monoisotopic (exact) mass is 182 g/mol. The van der Waals surface area contributed by atoms with Gasteiger partial charge >= 0.3 is 0 Å². The van der Waals surface area contributed by atoms with Gasteiger partial charge in [-0.25, -0.2) is 0 Å². The van der Waals surface area contributed by atoms with Crippen LogP contribution in [0.5, 0.6) is 0 Å². The van der Waals surface area contributed by atoms with Crippen molar-refractivity contribution in [2.45, 2.75) is 52.6 Å². The molecule has 1 N–H and O–H groups in total. The third-order valence-electron chi connectivity index (χ3n) is 4.71. The highest BCUT2D eigenvalue weighted by atomic mass is 16.3. The molecule has 3 aliphatic carbocycles. The molecule has 13 heavy (non-hydrogen) atoms. The molecule has 3 aliphatic rings. The van der Waals surface area contributed by atoms with Gasteiger partial charge in [0.05, 0.1) is 6.10 Å². The van der Waals surface area contributed by atoms with Gasteiger partial charge in [-0.1, -0.05) is 27.2 Å². The van der Waals surface area contributed by atoms with Gasteiger partial charge in [0.25, 0.3) is 0 Å². The molecule has 0 aromatic rings. The van der Waals surface area contributed by atoms with Crippen molar-refractivity contribution in [1.29, 1.82) is 0 Å². The molecule has 3 rings (SSSR count). The Morgan fingerprint density at radius 3 is 2.54 bits per heavy atom. The van der Waals surface area contributed by atoms with Crippen LogP contribution in [-0.2, 0) is 0 Å². The van der Waals surface area contributed by atoms with Gasteiger partial charge in [-0.15, -0.1) is 0 Å². The van der Waals surface area contributed by atoms with E-state index in [4.69, 9.17) is 0 Å². The summed E-state index contributed by atoms with van der Waals surface area (Å²) in [6.07, 6.45) is 4.90. The second-order valence-corrected chi connectivity index (χ2v) is 5.62. The first-order valence-corrected chi connectivity index (χ1v) is 5.75. The van der Waals surface area contributed by atoms with Gasteiger partial charge < -0.3 is 5.11 Å². The maximum absolute atomic E-state index is 9.93. The molecule has 4 unspecified atom stereocenters. The normalized spacial score (nSPS) is 47.1. The third-order valence-corrected chi connectivity index (χ3v) is 4.71. The van der Waals surface area contributed by atoms with Crippen LogP contribution in [0.2, 0.25) is 0 Å². The Morgan fingerprint density at radius 1 is 1.31 bits per heavy atom. The Bertz CT molecular complexity index is 197. The van der Waals surface area contributed by atoms with Crippen molar-refractivity contribution in [3.05, 3.63) is 0 Å². The molecule has 4 atom stereocenters. The minimum Gasteiger partial charge on any atom is -0.393 e. The fourth-order valence-electron chi connectivity index (χ4n) is 3.64. The van der Waals surface area contributed by atoms with Gasteiger partial charge in [0.2, 0.25) is 0 Å². The van der Waals surface area contributed by atoms with E-state index in [1.807, 2.05) is 0 Å². The number of rotatable bonds is 2. The van der Waals surface area contributed by atoms with Gasteiger partial charge in [0.15, 0.2) is 0 Å². The van der Waals surface area contributed by atoms with Crippen LogP contribution in [0.1, 0.15) is 46.5 Å². The van der Waals surface area contributed by atoms with Crippen molar-refractivity contribution in [1.82, 2.24) is 0 Å². The summed E-state index contributed by atoms with van der Waals surface area (Å²) in [7, 11) is 0. The first kappa shape index (κ1) is 9.51. The lowest BCUT2D eigenvalue weighted by Crippen LogP contribution is -2.57. The van der Waals surface area contributed by atoms with E-state index < -0.39 is 0 Å². The quantitative estimate of drug-likeness (QED) is 0.696. The van der Waals surface area contributed by atoms with Gasteiger partial charge in [0, 0.05) is 0 Å². The summed E-state index contributed by atoms with van der Waals surface area (Å²) in [6, 6.07) is 0. The summed E-state index contributed by atoms with van der Waals surface area (Å²) in [5, 5.41) is 9.93. The van der Waals surface area contributed by atoms with Gasteiger partial charge in [-0.3, -0.25) is 0 Å². The fraction of sp³-hybridized carbons (Fsp3) is 1.00. The number of aliphatic hydroxyl groups is 1. The number of fused-ring (bicyclic) bond motifs is 2. The fourth-order valence-corrected chi connectivity index (χ4v) is 3.64. The molecule has 0 aromatic heterocycles. The van der Waals surface area contributed by atoms with Crippen LogP contribution in [0.25, 0.3) is 0 Å². The van der Waals surface area contributed by atoms with E-state index >= 15 is 0 Å². The maximum Gasteiger partial charge on any atom is 0.0574 e. The molecular formula is C12H22O. The highest BCUT2D eigenvalue weighted by molar-refractivity contribution is 5.05. The van der Waals surface area contributed by atoms with Crippen LogP contribution >= 0.6 is 0 Å². The lowest BCUT2D eigenvalue weighted by atomic mass is 9.44. The summed E-state index contributed by atoms with van der Waals surface area (Å²) in [6.45, 7) is 7.01. The molecule has 1 heteroatoms. The zero-order valence-electron chi connectivity index (χ0n) is 9.09. The van der Waals surface area contributed by atoms with E-state index in [0.717, 1.165) is 18.3 Å². The summed E-state index contributed by atoms with van der Waals surface area (Å²) in [5.74, 6) is 2.21. The first-order valence-electron chi connectivity index (χ1n) is 5.75. The molecule has 2 bridgehead atoms. The van der Waals surface area contributed by atoms with Crippen molar-refractivity contribution in [2.24, 2.45) is 23.2 Å². The molecule has 0 saturated heterocycles. The molecule has 0 aliphatic heterocycles. The Kier molecular flexibility index (Phi) is 2.18. The van der Waals surface area contributed by atoms with Crippen molar-refractivity contribution < 1.29 is 5.11 Å². The van der Waals surface area contributed by atoms with Crippen molar-refractivity contribution in [3.63, 3.8) is 0 Å². The van der Waals surface area contributed by atoms with Crippen LogP contribution in [0.3, 0.4) is 0 Å². The molecule has 0 aromatic carbocycles. The van der Waals surface area contributed by atoms with E-state index in [9.17, 15) is 5.11 Å². The second kappa shape index (κ2) is 2.98. The smallest absolute Gasteiger partial charge is 0.0574 e. The summed E-state index contributed by atoms with van der Waals surface area (Å²) < 4.78 is 0. The zero-order valence-corrected chi connectivity index (χ0v) is 9.09. The van der Waals surface area contributed by atoms with Crippen molar-refractivity contribution in [2.75, 3.05) is 0 Å². The average molecular weight is 182 g/mol. The predicted octanol–water partition coefficient (Wildman–Crippen LogP) is 2.83. The summed E-state index contributed by atoms with van der Waals surface area (Å²) >= 11 is 0. The molecule has 3 fully saturated rings. The number of hydrogen-bond acceptors (Lipinski definition) is 1. The Morgan fingerprint density at radius 2 is 2.00 bits per heavy atom. The number of hydrogen-bond donors (Lipinski definition) is 1. The minimum absolute atomic E-state index is 0.0109. The molecule has 76 valence electrons. The predicted molar refractivity (Wildman–Crippen MR) is 54.4 cm³/mol. The van der Waals surface area contributed by atoms with Gasteiger partial charge in [0.1, 0.15) is 0 Å². The lowest BCUT2D eigenvalue weighted by molar-refractivity contribution is -0.162. The van der Waals surface area contributed by atoms with Crippen LogP contribution < -0.4 is 0 Å². The Labute approximate surface area is 81.5 Å². The molecule has 3 saturated carbocycles. The maximum atomic E-state index is 9.93. The Hall–Kier alpha value is -0.0400. The minimum atomic E-state index is 0.0109. The standard InChI is InChI=1S/C12H22O/c1-4-5-9-10-6-8(7-11(9)13)12(10,2)3/h8-11,13H,4-7H2,1-3H3. The highest BCUT2D eigenvalue weighted by Gasteiger charge is 2.56. The largest absolute Gasteiger partial charge is 0.393 e. The molecule has 0 heterocycles. The van der Waals surface area contributed by atoms with E-state index in [-0.39, 0.29) is 6.10 Å². The van der Waals surface area contributed by atoms with Crippen molar-refractivity contribution in [3.8, 4) is 0 Å². The molecule has 0 spiro atoms. The summed E-state index contributed by atoms with van der Waals surface area (Å²) in [5.41, 5.74) is 0.527. The molecule has 1 nitrogen and oxygen atoms in total. The van der Waals surface area contributed by atoms with E-state index in [0.29, 0.717) is 11.3 Å². The molecular weight excluding hydrogens is 160 g/mol. The van der Waals surface area contributed by atoms with Crippen LogP contribution in [0, 0.1) is 23.2 Å². The molecule has 0 radical (unpaired) electrons. The zero-order chi connectivity index (χ0) is 9.64. The van der Waals surface area contributed by atoms with E-state index in [1.54, 1.807) is 0 Å². The molecule has 0 amide bonds. The number of aliphatic hydroxyl groups excluding tert-OH is 1. The topological polar surface area (TPSA) is 20.2 Å².